The highest BCUT2D eigenvalue weighted by atomic mass is 32.2. The quantitative estimate of drug-likeness (QED) is 0.787. The van der Waals surface area contributed by atoms with Crippen LogP contribution < -0.4 is 0 Å². The predicted octanol–water partition coefficient (Wildman–Crippen LogP) is 0.247. The molecule has 2 aromatic rings. The van der Waals surface area contributed by atoms with E-state index >= 15 is 0 Å². The second-order valence-corrected chi connectivity index (χ2v) is 9.36. The Kier molecular flexibility index (Phi) is 4.96. The number of carbonyl (C=O) groups excluding carboxylic acids is 1. The third kappa shape index (κ3) is 4.03. The molecule has 4 rings (SSSR count). The first-order valence-electron chi connectivity index (χ1n) is 9.12. The van der Waals surface area contributed by atoms with Crippen molar-refractivity contribution >= 4 is 15.7 Å². The average molecular weight is 389 g/mol. The molecule has 2 fully saturated rings. The molecule has 0 aliphatic carbocycles. The van der Waals surface area contributed by atoms with Crippen molar-refractivity contribution < 1.29 is 13.2 Å². The summed E-state index contributed by atoms with van der Waals surface area (Å²) < 4.78 is 24.6. The van der Waals surface area contributed by atoms with E-state index in [4.69, 9.17) is 0 Å². The second-order valence-electron chi connectivity index (χ2n) is 7.21. The molecule has 27 heavy (non-hydrogen) atoms. The Hall–Kier alpha value is -2.26. The maximum Gasteiger partial charge on any atom is 0.223 e. The van der Waals surface area contributed by atoms with Crippen LogP contribution in [0.2, 0.25) is 0 Å². The Bertz CT molecular complexity index is 885. The molecular formula is C18H23N5O3S. The van der Waals surface area contributed by atoms with Crippen LogP contribution in [0.25, 0.3) is 0 Å². The fourth-order valence-corrected chi connectivity index (χ4v) is 6.07. The van der Waals surface area contributed by atoms with Gasteiger partial charge in [0.05, 0.1) is 23.9 Å². The van der Waals surface area contributed by atoms with Crippen LogP contribution >= 0.6 is 0 Å². The highest BCUT2D eigenvalue weighted by Crippen LogP contribution is 2.28. The topological polar surface area (TPSA) is 99.3 Å². The lowest BCUT2D eigenvalue weighted by Crippen LogP contribution is -2.60. The van der Waals surface area contributed by atoms with Gasteiger partial charge in [0.1, 0.15) is 0 Å². The van der Waals surface area contributed by atoms with Crippen LogP contribution in [0.15, 0.2) is 37.1 Å². The van der Waals surface area contributed by atoms with Gasteiger partial charge in [-0.05, 0) is 18.1 Å². The first-order chi connectivity index (χ1) is 13.0. The molecule has 2 atom stereocenters. The van der Waals surface area contributed by atoms with Gasteiger partial charge in [0.25, 0.3) is 0 Å². The fourth-order valence-electron chi connectivity index (χ4n) is 4.06. The Morgan fingerprint density at radius 2 is 2.04 bits per heavy atom. The van der Waals surface area contributed by atoms with E-state index in [9.17, 15) is 13.2 Å². The van der Waals surface area contributed by atoms with E-state index in [-0.39, 0.29) is 29.5 Å². The van der Waals surface area contributed by atoms with Gasteiger partial charge in [0.2, 0.25) is 5.91 Å². The maximum absolute atomic E-state index is 12.8. The minimum Gasteiger partial charge on any atom is -0.347 e. The number of pyridine rings is 1. The number of aryl methyl sites for hydroxylation is 1. The summed E-state index contributed by atoms with van der Waals surface area (Å²) >= 11 is 0. The summed E-state index contributed by atoms with van der Waals surface area (Å²) in [6.07, 6.45) is 7.83. The molecular weight excluding hydrogens is 366 g/mol. The van der Waals surface area contributed by atoms with Crippen molar-refractivity contribution in [3.8, 4) is 0 Å². The number of nitrogens with zero attached hydrogens (tertiary/aromatic N) is 4. The number of aromatic amines is 1. The minimum atomic E-state index is -3.15. The van der Waals surface area contributed by atoms with Gasteiger partial charge >= 0.3 is 0 Å². The number of sulfone groups is 1. The van der Waals surface area contributed by atoms with Crippen molar-refractivity contribution in [2.45, 2.75) is 31.5 Å². The third-order valence-electron chi connectivity index (χ3n) is 5.39. The number of imidazole rings is 1. The van der Waals surface area contributed by atoms with E-state index in [1.165, 1.54) is 0 Å². The van der Waals surface area contributed by atoms with E-state index < -0.39 is 9.84 Å². The van der Waals surface area contributed by atoms with E-state index in [0.29, 0.717) is 32.5 Å². The molecule has 4 heterocycles. The summed E-state index contributed by atoms with van der Waals surface area (Å²) in [5.74, 6) is 0.181. The Balaban J connectivity index is 1.46. The molecule has 0 saturated carbocycles. The monoisotopic (exact) mass is 389 g/mol. The fraction of sp³-hybridized carbons (Fsp3) is 0.500. The molecule has 0 unspecified atom stereocenters. The van der Waals surface area contributed by atoms with Crippen LogP contribution in [0.4, 0.5) is 0 Å². The third-order valence-corrected chi connectivity index (χ3v) is 7.09. The van der Waals surface area contributed by atoms with Crippen molar-refractivity contribution in [3.63, 3.8) is 0 Å². The van der Waals surface area contributed by atoms with Gasteiger partial charge in [-0.1, -0.05) is 6.07 Å². The number of rotatable bonds is 5. The van der Waals surface area contributed by atoms with Gasteiger partial charge in [-0.3, -0.25) is 14.7 Å². The smallest absolute Gasteiger partial charge is 0.223 e. The molecule has 144 valence electrons. The van der Waals surface area contributed by atoms with Crippen LogP contribution in [0, 0.1) is 0 Å². The number of piperazine rings is 1. The summed E-state index contributed by atoms with van der Waals surface area (Å²) in [5.41, 5.74) is 1.97. The van der Waals surface area contributed by atoms with Crippen molar-refractivity contribution in [3.05, 3.63) is 48.3 Å². The summed E-state index contributed by atoms with van der Waals surface area (Å²) in [5, 5.41) is 0. The number of hydrogen-bond donors (Lipinski definition) is 1. The lowest BCUT2D eigenvalue weighted by Gasteiger charge is -2.43. The molecule has 0 spiro atoms. The SMILES string of the molecule is O=C(CCc1cccnc1)N1CCN(Cc2cnc[nH]2)[C@@H]2CS(=O)(=O)C[C@@H]21. The van der Waals surface area contributed by atoms with Crippen LogP contribution in [-0.4, -0.2) is 75.8 Å². The summed E-state index contributed by atoms with van der Waals surface area (Å²) in [7, 11) is -3.15. The number of fused-ring (bicyclic) bond motifs is 1. The lowest BCUT2D eigenvalue weighted by atomic mass is 10.0. The number of H-pyrrole nitrogens is 1. The summed E-state index contributed by atoms with van der Waals surface area (Å²) in [6, 6.07) is 3.38. The first-order valence-corrected chi connectivity index (χ1v) is 10.9. The molecule has 9 heteroatoms. The molecule has 1 amide bonds. The van der Waals surface area contributed by atoms with Gasteiger partial charge < -0.3 is 9.88 Å². The van der Waals surface area contributed by atoms with E-state index in [2.05, 4.69) is 19.9 Å². The first kappa shape index (κ1) is 18.1. The molecule has 0 bridgehead atoms. The lowest BCUT2D eigenvalue weighted by molar-refractivity contribution is -0.137. The Morgan fingerprint density at radius 1 is 1.19 bits per heavy atom. The van der Waals surface area contributed by atoms with Crippen molar-refractivity contribution in [1.29, 1.82) is 0 Å². The van der Waals surface area contributed by atoms with Crippen molar-refractivity contribution in [2.24, 2.45) is 0 Å². The normalized spacial score (nSPS) is 24.7. The number of nitrogens with one attached hydrogen (secondary N) is 1. The zero-order chi connectivity index (χ0) is 18.9. The van der Waals surface area contributed by atoms with Gasteiger partial charge in [-0.15, -0.1) is 0 Å². The number of carbonyl (C=O) groups is 1. The van der Waals surface area contributed by atoms with Crippen molar-refractivity contribution in [1.82, 2.24) is 24.8 Å². The van der Waals surface area contributed by atoms with E-state index in [1.54, 1.807) is 29.8 Å². The summed E-state index contributed by atoms with van der Waals surface area (Å²) in [4.78, 5) is 27.9. The largest absolute Gasteiger partial charge is 0.347 e. The highest BCUT2D eigenvalue weighted by Gasteiger charge is 2.47. The molecule has 2 aliphatic heterocycles. The number of amides is 1. The molecule has 2 saturated heterocycles. The van der Waals surface area contributed by atoms with Crippen LogP contribution in [0.3, 0.4) is 0 Å². The molecule has 1 N–H and O–H groups in total. The molecule has 8 nitrogen and oxygen atoms in total. The Labute approximate surface area is 158 Å². The highest BCUT2D eigenvalue weighted by molar-refractivity contribution is 7.91. The zero-order valence-electron chi connectivity index (χ0n) is 15.0. The predicted molar refractivity (Wildman–Crippen MR) is 99.5 cm³/mol. The number of aromatic nitrogens is 3. The van der Waals surface area contributed by atoms with Crippen LogP contribution in [0.5, 0.6) is 0 Å². The second kappa shape index (κ2) is 7.40. The van der Waals surface area contributed by atoms with Crippen molar-refractivity contribution in [2.75, 3.05) is 24.6 Å². The zero-order valence-corrected chi connectivity index (χ0v) is 15.8. The van der Waals surface area contributed by atoms with Crippen LogP contribution in [-0.2, 0) is 27.6 Å². The van der Waals surface area contributed by atoms with E-state index in [1.807, 2.05) is 12.1 Å². The molecule has 2 aliphatic rings. The Morgan fingerprint density at radius 3 is 2.78 bits per heavy atom. The maximum atomic E-state index is 12.8. The van der Waals surface area contributed by atoms with Gasteiger partial charge in [0, 0.05) is 56.4 Å². The van der Waals surface area contributed by atoms with Crippen LogP contribution in [0.1, 0.15) is 17.7 Å². The van der Waals surface area contributed by atoms with Gasteiger partial charge in [0.15, 0.2) is 9.84 Å². The summed E-state index contributed by atoms with van der Waals surface area (Å²) in [6.45, 7) is 1.83. The minimum absolute atomic E-state index is 0.0205. The van der Waals surface area contributed by atoms with Gasteiger partial charge in [-0.2, -0.15) is 0 Å². The van der Waals surface area contributed by atoms with Gasteiger partial charge in [-0.25, -0.2) is 13.4 Å². The number of hydrogen-bond acceptors (Lipinski definition) is 6. The molecule has 0 aromatic carbocycles. The molecule has 0 radical (unpaired) electrons. The average Bonchev–Trinajstić information content (AvgIpc) is 3.27. The molecule has 2 aromatic heterocycles. The van der Waals surface area contributed by atoms with E-state index in [0.717, 1.165) is 11.3 Å². The standard InChI is InChI=1S/C18H23N5O3S/c24-18(4-3-14-2-1-5-19-8-14)23-7-6-22(10-15-9-20-13-21-15)16-11-27(25,26)12-17(16)23/h1-2,5,8-9,13,16-17H,3-4,6-7,10-12H2,(H,20,21)/t16-,17+/m1/s1.